The van der Waals surface area contributed by atoms with E-state index in [1.807, 2.05) is 31.1 Å². The van der Waals surface area contributed by atoms with Crippen LogP contribution in [0.25, 0.3) is 0 Å². The van der Waals surface area contributed by atoms with E-state index in [0.29, 0.717) is 4.48 Å². The van der Waals surface area contributed by atoms with E-state index in [1.54, 1.807) is 0 Å². The fraction of sp³-hybridized carbons (Fsp3) is 0.188. The van der Waals surface area contributed by atoms with Gasteiger partial charge in [-0.05, 0) is 12.2 Å². The van der Waals surface area contributed by atoms with E-state index in [9.17, 15) is 0 Å². The van der Waals surface area contributed by atoms with Crippen molar-refractivity contribution in [2.45, 2.75) is 6.54 Å². The molecule has 0 amide bonds. The Morgan fingerprint density at radius 2 is 1.90 bits per heavy atom. The molecule has 4 heteroatoms. The number of aliphatic imine (C=N–C) groups is 1. The van der Waals surface area contributed by atoms with Gasteiger partial charge < -0.3 is 4.90 Å². The molecule has 2 aliphatic heterocycles. The molecule has 0 radical (unpaired) electrons. The topological polar surface area (TPSA) is 15.6 Å². The van der Waals surface area contributed by atoms with E-state index >= 15 is 0 Å². The van der Waals surface area contributed by atoms with E-state index in [0.717, 1.165) is 22.8 Å². The highest BCUT2D eigenvalue weighted by molar-refractivity contribution is 9.11. The number of hydrogen-bond donors (Lipinski definition) is 0. The zero-order valence-corrected chi connectivity index (χ0v) is 13.2. The summed E-state index contributed by atoms with van der Waals surface area (Å²) in [5.41, 5.74) is 1.29. The van der Waals surface area contributed by atoms with Gasteiger partial charge in [-0.15, -0.1) is 0 Å². The molecule has 3 rings (SSSR count). The molecule has 0 bridgehead atoms. The van der Waals surface area contributed by atoms with Gasteiger partial charge in [0.15, 0.2) is 0 Å². The number of rotatable bonds is 3. The van der Waals surface area contributed by atoms with E-state index in [-0.39, 0.29) is 0 Å². The first-order valence-corrected chi connectivity index (χ1v) is 7.37. The Balaban J connectivity index is 2.07. The number of benzene rings is 1. The van der Waals surface area contributed by atoms with Crippen LogP contribution in [0.15, 0.2) is 70.2 Å². The Bertz CT molecular complexity index is 641. The molecule has 0 aromatic heterocycles. The van der Waals surface area contributed by atoms with Crippen molar-refractivity contribution in [2.24, 2.45) is 4.99 Å². The average Bonchev–Trinajstić information content (AvgIpc) is 2.74. The molecule has 0 spiro atoms. The van der Waals surface area contributed by atoms with Crippen LogP contribution >= 0.6 is 15.9 Å². The predicted octanol–water partition coefficient (Wildman–Crippen LogP) is 3.58. The fourth-order valence-corrected chi connectivity index (χ4v) is 3.40. The van der Waals surface area contributed by atoms with Gasteiger partial charge in [0.1, 0.15) is 12.7 Å². The molecular formula is C16H17BrN3+. The van der Waals surface area contributed by atoms with Crippen LogP contribution in [0.2, 0.25) is 0 Å². The van der Waals surface area contributed by atoms with Gasteiger partial charge in [-0.2, -0.15) is 4.99 Å². The molecular weight excluding hydrogens is 314 g/mol. The summed E-state index contributed by atoms with van der Waals surface area (Å²) in [7, 11) is 4.04. The smallest absolute Gasteiger partial charge is 0.240 e. The standard InChI is InChI=1S/C16H17BrN3/c1-19(2)16-15(17)20(11-7-6-10-14(20)18-16)12-13-8-4-3-5-9-13/h3-11H,12H2,1-2H3/q+1. The minimum atomic E-state index is 0.619. The first-order chi connectivity index (χ1) is 9.63. The SMILES string of the molecule is CN(C)C1=C(Br)[N+]2(Cc3ccccc3)C=CC=CC2=N1. The number of hydrogen-bond acceptors (Lipinski definition) is 2. The van der Waals surface area contributed by atoms with Gasteiger partial charge in [-0.25, -0.2) is 4.48 Å². The summed E-state index contributed by atoms with van der Waals surface area (Å²) in [6, 6.07) is 10.5. The Kier molecular flexibility index (Phi) is 3.36. The molecule has 1 aromatic rings. The Hall–Kier alpha value is -1.65. The third-order valence-corrected chi connectivity index (χ3v) is 4.55. The van der Waals surface area contributed by atoms with Gasteiger partial charge in [0.25, 0.3) is 0 Å². The molecule has 102 valence electrons. The van der Waals surface area contributed by atoms with Crippen LogP contribution in [-0.4, -0.2) is 29.3 Å². The van der Waals surface area contributed by atoms with Crippen molar-refractivity contribution in [1.29, 1.82) is 0 Å². The number of halogens is 1. The molecule has 3 nitrogen and oxygen atoms in total. The molecule has 2 aliphatic rings. The number of fused-ring (bicyclic) bond motifs is 1. The summed E-state index contributed by atoms with van der Waals surface area (Å²) in [5, 5.41) is 0. The predicted molar refractivity (Wildman–Crippen MR) is 85.8 cm³/mol. The summed E-state index contributed by atoms with van der Waals surface area (Å²) in [4.78, 5) is 6.81. The highest BCUT2D eigenvalue weighted by Crippen LogP contribution is 2.39. The maximum Gasteiger partial charge on any atom is 0.240 e. The summed E-state index contributed by atoms with van der Waals surface area (Å²) < 4.78 is 1.70. The Labute approximate surface area is 127 Å². The molecule has 0 aliphatic carbocycles. The van der Waals surface area contributed by atoms with Gasteiger partial charge in [-0.3, -0.25) is 0 Å². The van der Waals surface area contributed by atoms with Crippen LogP contribution in [0.5, 0.6) is 0 Å². The lowest BCUT2D eigenvalue weighted by Gasteiger charge is -2.31. The van der Waals surface area contributed by atoms with Crippen LogP contribution in [0.1, 0.15) is 5.56 Å². The summed E-state index contributed by atoms with van der Waals surface area (Å²) in [6.45, 7) is 0.860. The second-order valence-corrected chi connectivity index (χ2v) is 5.94. The molecule has 1 aromatic carbocycles. The van der Waals surface area contributed by atoms with E-state index < -0.39 is 0 Å². The molecule has 1 unspecified atom stereocenters. The first-order valence-electron chi connectivity index (χ1n) is 6.58. The van der Waals surface area contributed by atoms with Crippen LogP contribution < -0.4 is 0 Å². The molecule has 20 heavy (non-hydrogen) atoms. The third kappa shape index (κ3) is 2.05. The van der Waals surface area contributed by atoms with Crippen molar-refractivity contribution in [1.82, 2.24) is 4.90 Å². The van der Waals surface area contributed by atoms with Gasteiger partial charge >= 0.3 is 0 Å². The van der Waals surface area contributed by atoms with Crippen LogP contribution in [0.4, 0.5) is 0 Å². The third-order valence-electron chi connectivity index (χ3n) is 3.56. The van der Waals surface area contributed by atoms with E-state index in [1.165, 1.54) is 5.56 Å². The maximum absolute atomic E-state index is 4.77. The second kappa shape index (κ2) is 5.04. The van der Waals surface area contributed by atoms with Crippen molar-refractivity contribution in [3.63, 3.8) is 0 Å². The summed E-state index contributed by atoms with van der Waals surface area (Å²) >= 11 is 3.77. The van der Waals surface area contributed by atoms with Crippen molar-refractivity contribution in [3.8, 4) is 0 Å². The maximum atomic E-state index is 4.77. The zero-order valence-electron chi connectivity index (χ0n) is 11.6. The van der Waals surface area contributed by atoms with E-state index in [4.69, 9.17) is 4.99 Å². The van der Waals surface area contributed by atoms with Gasteiger partial charge in [0, 0.05) is 41.7 Å². The van der Waals surface area contributed by atoms with Gasteiger partial charge in [0.2, 0.25) is 16.3 Å². The number of allylic oxidation sites excluding steroid dienone is 2. The van der Waals surface area contributed by atoms with Crippen LogP contribution in [0.3, 0.4) is 0 Å². The van der Waals surface area contributed by atoms with Crippen molar-refractivity contribution in [2.75, 3.05) is 14.1 Å². The van der Waals surface area contributed by atoms with Crippen molar-refractivity contribution < 1.29 is 4.48 Å². The highest BCUT2D eigenvalue weighted by Gasteiger charge is 2.44. The van der Waals surface area contributed by atoms with Crippen molar-refractivity contribution in [3.05, 3.63) is 70.8 Å². The molecule has 0 saturated heterocycles. The normalized spacial score (nSPS) is 23.9. The first kappa shape index (κ1) is 13.3. The average molecular weight is 331 g/mol. The summed E-state index contributed by atoms with van der Waals surface area (Å²) in [6.07, 6.45) is 8.40. The molecule has 0 saturated carbocycles. The summed E-state index contributed by atoms with van der Waals surface area (Å²) in [5.74, 6) is 2.03. The number of amidine groups is 1. The number of quaternary nitrogens is 1. The minimum absolute atomic E-state index is 0.619. The Morgan fingerprint density at radius 1 is 1.15 bits per heavy atom. The fourth-order valence-electron chi connectivity index (χ4n) is 2.53. The largest absolute Gasteiger partial charge is 0.357 e. The van der Waals surface area contributed by atoms with Crippen LogP contribution in [-0.2, 0) is 6.54 Å². The van der Waals surface area contributed by atoms with Gasteiger partial charge in [-0.1, -0.05) is 30.3 Å². The Morgan fingerprint density at radius 3 is 2.60 bits per heavy atom. The van der Waals surface area contributed by atoms with Gasteiger partial charge in [0.05, 0.1) is 0 Å². The minimum Gasteiger partial charge on any atom is -0.357 e. The lowest BCUT2D eigenvalue weighted by Crippen LogP contribution is -2.43. The second-order valence-electron chi connectivity index (χ2n) is 5.19. The number of nitrogens with zero attached hydrogens (tertiary/aromatic N) is 3. The lowest BCUT2D eigenvalue weighted by atomic mass is 10.1. The lowest BCUT2D eigenvalue weighted by molar-refractivity contribution is -0.749. The molecule has 2 heterocycles. The van der Waals surface area contributed by atoms with E-state index in [2.05, 4.69) is 58.5 Å². The molecule has 1 atom stereocenters. The molecule has 0 N–H and O–H groups in total. The molecule has 0 fully saturated rings. The van der Waals surface area contributed by atoms with Crippen LogP contribution in [0, 0.1) is 0 Å². The quantitative estimate of drug-likeness (QED) is 0.611. The van der Waals surface area contributed by atoms with Crippen molar-refractivity contribution >= 4 is 21.8 Å². The zero-order chi connectivity index (χ0) is 14.2. The highest BCUT2D eigenvalue weighted by atomic mass is 79.9. The monoisotopic (exact) mass is 330 g/mol.